The van der Waals surface area contributed by atoms with Crippen LogP contribution in [0.15, 0.2) is 34.4 Å². The molecule has 0 radical (unpaired) electrons. The van der Waals surface area contributed by atoms with Gasteiger partial charge in [0, 0.05) is 6.54 Å². The van der Waals surface area contributed by atoms with E-state index < -0.39 is 10.1 Å². The fourth-order valence-electron chi connectivity index (χ4n) is 1.21. The Bertz CT molecular complexity index is 478. The number of rotatable bonds is 5. The van der Waals surface area contributed by atoms with Gasteiger partial charge in [-0.2, -0.15) is 0 Å². The van der Waals surface area contributed by atoms with Gasteiger partial charge in [0.25, 0.3) is 0 Å². The van der Waals surface area contributed by atoms with Gasteiger partial charge in [-0.05, 0) is 24.6 Å². The molecule has 0 saturated carbocycles. The summed E-state index contributed by atoms with van der Waals surface area (Å²) in [6, 6.07) is 5.55. The molecule has 0 heterocycles. The zero-order valence-corrected chi connectivity index (χ0v) is 12.5. The smallest absolute Gasteiger partial charge is 0.744 e. The van der Waals surface area contributed by atoms with Crippen molar-refractivity contribution >= 4 is 10.1 Å². The molecule has 6 nitrogen and oxygen atoms in total. The van der Waals surface area contributed by atoms with Crippen LogP contribution in [-0.4, -0.2) is 24.5 Å². The minimum absolute atomic E-state index is 0. The van der Waals surface area contributed by atoms with E-state index in [1.807, 2.05) is 0 Å². The first-order chi connectivity index (χ1) is 7.47. The second-order valence-corrected chi connectivity index (χ2v) is 4.54. The summed E-state index contributed by atoms with van der Waals surface area (Å²) in [6.45, 7) is 2.34. The normalized spacial score (nSPS) is 10.5. The largest absolute Gasteiger partial charge is 1.00 e. The van der Waals surface area contributed by atoms with Gasteiger partial charge in [-0.3, -0.25) is 5.01 Å². The molecule has 0 atom stereocenters. The zero-order chi connectivity index (χ0) is 12.2. The van der Waals surface area contributed by atoms with Crippen molar-refractivity contribution in [1.82, 2.24) is 5.01 Å². The predicted octanol–water partition coefficient (Wildman–Crippen LogP) is -1.90. The van der Waals surface area contributed by atoms with E-state index in [2.05, 4.69) is 5.29 Å². The third-order valence-electron chi connectivity index (χ3n) is 2.03. The maximum atomic E-state index is 10.8. The Morgan fingerprint density at radius 1 is 1.41 bits per heavy atom. The summed E-state index contributed by atoms with van der Waals surface area (Å²) in [5.74, 6) is 0. The molecule has 1 aromatic rings. The van der Waals surface area contributed by atoms with Crippen LogP contribution in [0.5, 0.6) is 0 Å². The van der Waals surface area contributed by atoms with E-state index >= 15 is 0 Å². The van der Waals surface area contributed by atoms with Crippen molar-refractivity contribution < 1.29 is 42.5 Å². The topological polar surface area (TPSA) is 89.9 Å². The van der Waals surface area contributed by atoms with Gasteiger partial charge in [-0.1, -0.05) is 12.1 Å². The standard InChI is InChI=1S/C9H12N2O4S.Na/c1-2-11(10-12)7-8-4-3-5-9(6-8)16(13,14)15;/h3-6H,2,7H2,1H3,(H,13,14,15);/q;+1/p-1. The van der Waals surface area contributed by atoms with Gasteiger partial charge in [0.05, 0.1) is 16.7 Å². The Morgan fingerprint density at radius 2 is 2.06 bits per heavy atom. The van der Waals surface area contributed by atoms with Gasteiger partial charge < -0.3 is 4.55 Å². The van der Waals surface area contributed by atoms with Gasteiger partial charge in [-0.25, -0.2) is 8.42 Å². The second-order valence-electron chi connectivity index (χ2n) is 3.16. The average molecular weight is 266 g/mol. The molecule has 0 fully saturated rings. The molecule has 0 aliphatic heterocycles. The Kier molecular flexibility index (Phi) is 6.88. The summed E-state index contributed by atoms with van der Waals surface area (Å²) >= 11 is 0. The first-order valence-electron chi connectivity index (χ1n) is 4.60. The molecule has 1 rings (SSSR count). The summed E-state index contributed by atoms with van der Waals surface area (Å²) in [5, 5.41) is 3.97. The molecule has 8 heteroatoms. The van der Waals surface area contributed by atoms with E-state index in [1.165, 1.54) is 23.2 Å². The maximum absolute atomic E-state index is 10.8. The van der Waals surface area contributed by atoms with Crippen LogP contribution in [0.2, 0.25) is 0 Å². The molecule has 0 N–H and O–H groups in total. The van der Waals surface area contributed by atoms with E-state index in [1.54, 1.807) is 13.0 Å². The molecule has 17 heavy (non-hydrogen) atoms. The Balaban J connectivity index is 0.00000256. The number of hydrogen-bond acceptors (Lipinski definition) is 5. The van der Waals surface area contributed by atoms with Crippen molar-refractivity contribution in [2.45, 2.75) is 18.4 Å². The van der Waals surface area contributed by atoms with Gasteiger partial charge >= 0.3 is 29.6 Å². The van der Waals surface area contributed by atoms with Gasteiger partial charge in [0.1, 0.15) is 10.1 Å². The molecule has 0 saturated heterocycles. The Labute approximate surface area is 122 Å². The first-order valence-corrected chi connectivity index (χ1v) is 6.01. The molecule has 0 bridgehead atoms. The molecule has 88 valence electrons. The number of nitroso groups, excluding NO2 is 1. The molecule has 0 spiro atoms. The van der Waals surface area contributed by atoms with E-state index in [4.69, 9.17) is 0 Å². The Hall–Kier alpha value is -0.470. The number of benzene rings is 1. The third kappa shape index (κ3) is 5.13. The summed E-state index contributed by atoms with van der Waals surface area (Å²) in [7, 11) is -4.45. The van der Waals surface area contributed by atoms with Crippen molar-refractivity contribution in [1.29, 1.82) is 0 Å². The fourth-order valence-corrected chi connectivity index (χ4v) is 1.75. The molecular weight excluding hydrogens is 255 g/mol. The summed E-state index contributed by atoms with van der Waals surface area (Å²) in [6.07, 6.45) is 0. The SMILES string of the molecule is CCN(Cc1cccc(S(=O)(=O)[O-])c1)N=O.[Na+]. The van der Waals surface area contributed by atoms with Crippen LogP contribution in [0.25, 0.3) is 0 Å². The molecule has 0 aliphatic rings. The molecule has 0 amide bonds. The molecule has 0 aromatic heterocycles. The van der Waals surface area contributed by atoms with Gasteiger partial charge in [0.2, 0.25) is 0 Å². The summed E-state index contributed by atoms with van der Waals surface area (Å²) < 4.78 is 32.3. The fraction of sp³-hybridized carbons (Fsp3) is 0.333. The minimum Gasteiger partial charge on any atom is -0.744 e. The van der Waals surface area contributed by atoms with Crippen LogP contribution in [0, 0.1) is 4.91 Å². The van der Waals surface area contributed by atoms with E-state index in [0.29, 0.717) is 12.1 Å². The first kappa shape index (κ1) is 16.5. The van der Waals surface area contributed by atoms with E-state index in [9.17, 15) is 17.9 Å². The molecular formula is C9H11N2NaO4S. The molecule has 0 aliphatic carbocycles. The van der Waals surface area contributed by atoms with Crippen LogP contribution >= 0.6 is 0 Å². The average Bonchev–Trinajstić information content (AvgIpc) is 2.25. The summed E-state index contributed by atoms with van der Waals surface area (Å²) in [5.41, 5.74) is 0.554. The maximum Gasteiger partial charge on any atom is 1.00 e. The van der Waals surface area contributed by atoms with Crippen molar-refractivity contribution in [3.05, 3.63) is 34.7 Å². The van der Waals surface area contributed by atoms with E-state index in [-0.39, 0.29) is 41.0 Å². The van der Waals surface area contributed by atoms with Crippen LogP contribution in [0.4, 0.5) is 0 Å². The van der Waals surface area contributed by atoms with Crippen LogP contribution in [-0.2, 0) is 16.7 Å². The molecule has 1 aromatic carbocycles. The summed E-state index contributed by atoms with van der Waals surface area (Å²) in [4.78, 5) is 10.0. The third-order valence-corrected chi connectivity index (χ3v) is 2.86. The van der Waals surface area contributed by atoms with Crippen LogP contribution in [0.1, 0.15) is 12.5 Å². The van der Waals surface area contributed by atoms with Crippen LogP contribution in [0.3, 0.4) is 0 Å². The zero-order valence-electron chi connectivity index (χ0n) is 9.66. The second kappa shape index (κ2) is 7.07. The number of hydrogen-bond donors (Lipinski definition) is 0. The van der Waals surface area contributed by atoms with Crippen molar-refractivity contribution in [2.24, 2.45) is 5.29 Å². The Morgan fingerprint density at radius 3 is 2.53 bits per heavy atom. The minimum atomic E-state index is -4.45. The predicted molar refractivity (Wildman–Crippen MR) is 56.3 cm³/mol. The van der Waals surface area contributed by atoms with Crippen molar-refractivity contribution in [3.63, 3.8) is 0 Å². The van der Waals surface area contributed by atoms with Gasteiger partial charge in [0.15, 0.2) is 0 Å². The quantitative estimate of drug-likeness (QED) is 0.269. The van der Waals surface area contributed by atoms with Gasteiger partial charge in [-0.15, -0.1) is 4.91 Å². The van der Waals surface area contributed by atoms with E-state index in [0.717, 1.165) is 0 Å². The number of nitrogens with zero attached hydrogens (tertiary/aromatic N) is 2. The van der Waals surface area contributed by atoms with Crippen molar-refractivity contribution in [2.75, 3.05) is 6.54 Å². The van der Waals surface area contributed by atoms with Crippen molar-refractivity contribution in [3.8, 4) is 0 Å². The molecule has 0 unspecified atom stereocenters. The monoisotopic (exact) mass is 266 g/mol. The van der Waals surface area contributed by atoms with Crippen LogP contribution < -0.4 is 29.6 Å².